The average molecular weight is 395 g/mol. The standard InChI is InChI=1S/C22H34O6/c1-7-20(5,6)17(24)28-22-9-14-8-21(13-22,18(25)27-19(2,3)4)10-15(11-22)26-12-16(14)23/h14-15H,7-13H2,1-6H3. The Morgan fingerprint density at radius 3 is 2.39 bits per heavy atom. The number of carbonyl (C=O) groups excluding carboxylic acids is 3. The van der Waals surface area contributed by atoms with E-state index in [9.17, 15) is 14.4 Å². The van der Waals surface area contributed by atoms with Crippen molar-refractivity contribution in [1.29, 1.82) is 0 Å². The van der Waals surface area contributed by atoms with E-state index in [1.165, 1.54) is 0 Å². The Kier molecular flexibility index (Phi) is 5.19. The molecule has 4 aliphatic rings. The number of rotatable bonds is 4. The highest BCUT2D eigenvalue weighted by Crippen LogP contribution is 2.57. The van der Waals surface area contributed by atoms with E-state index < -0.39 is 22.0 Å². The molecule has 4 rings (SSSR count). The van der Waals surface area contributed by atoms with Gasteiger partial charge in [0.2, 0.25) is 0 Å². The molecule has 0 aromatic carbocycles. The lowest BCUT2D eigenvalue weighted by molar-refractivity contribution is -0.222. The number of Topliss-reactive ketones (excluding diaryl/α,β-unsaturated/α-hetero) is 1. The molecule has 4 fully saturated rings. The van der Waals surface area contributed by atoms with Crippen LogP contribution in [0.2, 0.25) is 0 Å². The van der Waals surface area contributed by atoms with Crippen LogP contribution in [0.15, 0.2) is 0 Å². The molecule has 6 heteroatoms. The van der Waals surface area contributed by atoms with Gasteiger partial charge in [-0.1, -0.05) is 6.92 Å². The van der Waals surface area contributed by atoms with Crippen molar-refractivity contribution >= 4 is 17.7 Å². The maximum absolute atomic E-state index is 13.2. The lowest BCUT2D eigenvalue weighted by Crippen LogP contribution is -2.61. The summed E-state index contributed by atoms with van der Waals surface area (Å²) in [7, 11) is 0. The zero-order valence-electron chi connectivity index (χ0n) is 18.1. The number of hydrogen-bond acceptors (Lipinski definition) is 6. The van der Waals surface area contributed by atoms with E-state index in [1.54, 1.807) is 0 Å². The molecular weight excluding hydrogens is 360 g/mol. The number of fused-ring (bicyclic) bond motifs is 2. The minimum Gasteiger partial charge on any atom is -0.460 e. The number of esters is 2. The molecule has 2 heterocycles. The van der Waals surface area contributed by atoms with Crippen molar-refractivity contribution < 1.29 is 28.6 Å². The first-order valence-corrected chi connectivity index (χ1v) is 10.4. The molecule has 28 heavy (non-hydrogen) atoms. The molecule has 2 aliphatic carbocycles. The van der Waals surface area contributed by atoms with Crippen LogP contribution in [0.3, 0.4) is 0 Å². The van der Waals surface area contributed by atoms with Crippen LogP contribution in [0.25, 0.3) is 0 Å². The van der Waals surface area contributed by atoms with Gasteiger partial charge >= 0.3 is 11.9 Å². The Labute approximate surface area is 167 Å². The zero-order valence-corrected chi connectivity index (χ0v) is 18.1. The summed E-state index contributed by atoms with van der Waals surface area (Å²) in [6.07, 6.45) is 2.75. The molecule has 2 saturated carbocycles. The van der Waals surface area contributed by atoms with Gasteiger partial charge in [-0.05, 0) is 60.3 Å². The quantitative estimate of drug-likeness (QED) is 0.678. The third kappa shape index (κ3) is 3.98. The van der Waals surface area contributed by atoms with Gasteiger partial charge in [0.15, 0.2) is 5.78 Å². The lowest BCUT2D eigenvalue weighted by atomic mass is 9.54. The summed E-state index contributed by atoms with van der Waals surface area (Å²) >= 11 is 0. The molecule has 0 spiro atoms. The summed E-state index contributed by atoms with van der Waals surface area (Å²) in [6, 6.07) is 0. The highest BCUT2D eigenvalue weighted by atomic mass is 16.6. The first-order valence-electron chi connectivity index (χ1n) is 10.4. The second-order valence-electron chi connectivity index (χ2n) is 10.7. The van der Waals surface area contributed by atoms with Gasteiger partial charge in [-0.2, -0.15) is 0 Å². The molecule has 0 aromatic rings. The predicted octanol–water partition coefficient (Wildman–Crippen LogP) is 3.59. The predicted molar refractivity (Wildman–Crippen MR) is 102 cm³/mol. The average Bonchev–Trinajstić information content (AvgIpc) is 2.56. The molecule has 2 aliphatic heterocycles. The Morgan fingerprint density at radius 1 is 1.11 bits per heavy atom. The van der Waals surface area contributed by atoms with Gasteiger partial charge in [-0.25, -0.2) is 0 Å². The van der Waals surface area contributed by atoms with Crippen molar-refractivity contribution in [3.63, 3.8) is 0 Å². The van der Waals surface area contributed by atoms with E-state index >= 15 is 0 Å². The van der Waals surface area contributed by atoms with Crippen LogP contribution in [0.1, 0.15) is 80.1 Å². The van der Waals surface area contributed by atoms with Crippen molar-refractivity contribution in [3.05, 3.63) is 0 Å². The van der Waals surface area contributed by atoms with Crippen molar-refractivity contribution in [2.24, 2.45) is 16.7 Å². The van der Waals surface area contributed by atoms with Crippen molar-refractivity contribution in [3.8, 4) is 0 Å². The molecule has 0 N–H and O–H groups in total. The molecule has 0 amide bonds. The molecule has 2 saturated heterocycles. The third-order valence-corrected chi connectivity index (χ3v) is 6.63. The first-order chi connectivity index (χ1) is 12.8. The number of carbonyl (C=O) groups is 3. The van der Waals surface area contributed by atoms with E-state index in [0.717, 1.165) is 0 Å². The summed E-state index contributed by atoms with van der Waals surface area (Å²) in [5.74, 6) is -0.933. The molecule has 4 unspecified atom stereocenters. The van der Waals surface area contributed by atoms with Crippen molar-refractivity contribution in [1.82, 2.24) is 0 Å². The van der Waals surface area contributed by atoms with E-state index in [2.05, 4.69) is 0 Å². The summed E-state index contributed by atoms with van der Waals surface area (Å²) in [5.41, 5.74) is -2.92. The Morgan fingerprint density at radius 2 is 1.79 bits per heavy atom. The Balaban J connectivity index is 1.97. The van der Waals surface area contributed by atoms with Crippen LogP contribution in [0.5, 0.6) is 0 Å². The highest BCUT2D eigenvalue weighted by molar-refractivity contribution is 5.86. The van der Waals surface area contributed by atoms with Gasteiger partial charge < -0.3 is 14.2 Å². The summed E-state index contributed by atoms with van der Waals surface area (Å²) in [4.78, 5) is 38.8. The molecule has 4 bridgehead atoms. The van der Waals surface area contributed by atoms with Crippen LogP contribution in [-0.4, -0.2) is 41.6 Å². The van der Waals surface area contributed by atoms with E-state index in [4.69, 9.17) is 14.2 Å². The van der Waals surface area contributed by atoms with E-state index in [-0.39, 0.29) is 36.4 Å². The van der Waals surface area contributed by atoms with Gasteiger partial charge in [0, 0.05) is 18.8 Å². The maximum Gasteiger partial charge on any atom is 0.312 e. The minimum atomic E-state index is -0.845. The second kappa shape index (κ2) is 6.82. The summed E-state index contributed by atoms with van der Waals surface area (Å²) in [6.45, 7) is 11.3. The summed E-state index contributed by atoms with van der Waals surface area (Å²) < 4.78 is 17.7. The van der Waals surface area contributed by atoms with Crippen molar-refractivity contribution in [2.75, 3.05) is 6.61 Å². The van der Waals surface area contributed by atoms with Crippen LogP contribution in [0, 0.1) is 16.7 Å². The fourth-order valence-electron chi connectivity index (χ4n) is 4.87. The van der Waals surface area contributed by atoms with Crippen LogP contribution < -0.4 is 0 Å². The number of ketones is 1. The zero-order chi connectivity index (χ0) is 21.0. The molecule has 0 aromatic heterocycles. The van der Waals surface area contributed by atoms with Crippen LogP contribution >= 0.6 is 0 Å². The Hall–Kier alpha value is -1.43. The fraction of sp³-hybridized carbons (Fsp3) is 0.864. The topological polar surface area (TPSA) is 78.9 Å². The molecular formula is C22H34O6. The normalized spacial score (nSPS) is 35.3. The highest BCUT2D eigenvalue weighted by Gasteiger charge is 2.62. The molecule has 158 valence electrons. The van der Waals surface area contributed by atoms with Gasteiger partial charge in [0.05, 0.1) is 16.9 Å². The summed E-state index contributed by atoms with van der Waals surface area (Å²) in [5, 5.41) is 0. The van der Waals surface area contributed by atoms with Crippen LogP contribution in [-0.2, 0) is 28.6 Å². The number of ether oxygens (including phenoxy) is 3. The van der Waals surface area contributed by atoms with Gasteiger partial charge in [-0.15, -0.1) is 0 Å². The van der Waals surface area contributed by atoms with E-state index in [1.807, 2.05) is 41.5 Å². The third-order valence-electron chi connectivity index (χ3n) is 6.63. The van der Waals surface area contributed by atoms with Gasteiger partial charge in [0.1, 0.15) is 17.8 Å². The van der Waals surface area contributed by atoms with Gasteiger partial charge in [0.25, 0.3) is 0 Å². The first kappa shape index (κ1) is 21.3. The maximum atomic E-state index is 13.2. The SMILES string of the molecule is CCC(C)(C)C(=O)OC12CC3CC(C(=O)OC(C)(C)C)(CC(C1)C(=O)CO3)C2. The lowest BCUT2D eigenvalue weighted by Gasteiger charge is -2.56. The van der Waals surface area contributed by atoms with Crippen LogP contribution in [0.4, 0.5) is 0 Å². The largest absolute Gasteiger partial charge is 0.460 e. The number of hydrogen-bond donors (Lipinski definition) is 0. The molecule has 6 nitrogen and oxygen atoms in total. The molecule has 4 atom stereocenters. The second-order valence-corrected chi connectivity index (χ2v) is 10.7. The fourth-order valence-corrected chi connectivity index (χ4v) is 4.87. The van der Waals surface area contributed by atoms with Crippen molar-refractivity contribution in [2.45, 2.75) is 97.4 Å². The monoisotopic (exact) mass is 394 g/mol. The van der Waals surface area contributed by atoms with E-state index in [0.29, 0.717) is 38.5 Å². The van der Waals surface area contributed by atoms with Gasteiger partial charge in [-0.3, -0.25) is 14.4 Å². The molecule has 0 radical (unpaired) electrons. The minimum absolute atomic E-state index is 0.00721. The smallest absolute Gasteiger partial charge is 0.312 e. The Bertz CT molecular complexity index is 675.